The van der Waals surface area contributed by atoms with E-state index in [-0.39, 0.29) is 41.4 Å². The number of hydrogen-bond donors (Lipinski definition) is 0. The van der Waals surface area contributed by atoms with Gasteiger partial charge in [0, 0.05) is 24.0 Å². The quantitative estimate of drug-likeness (QED) is 0.323. The van der Waals surface area contributed by atoms with Crippen molar-refractivity contribution in [2.45, 2.75) is 12.1 Å². The third-order valence-corrected chi connectivity index (χ3v) is 6.57. The highest BCUT2D eigenvalue weighted by molar-refractivity contribution is 6.02. The van der Waals surface area contributed by atoms with Crippen LogP contribution in [0.25, 0.3) is 0 Å². The number of benzene rings is 1. The first kappa shape index (κ1) is 18.5. The lowest BCUT2D eigenvalue weighted by Gasteiger charge is -2.56. The van der Waals surface area contributed by atoms with Gasteiger partial charge in [0.2, 0.25) is 0 Å². The SMILES string of the molecule is COC(=O)C1=C(C(=O)OC)C2C3C=CC3C1C1N=NN(c3ccc([N+](=O)[O-])cc3)C12. The fourth-order valence-electron chi connectivity index (χ4n) is 5.33. The zero-order valence-electron chi connectivity index (χ0n) is 16.2. The number of rotatable bonds is 4. The molecule has 0 saturated heterocycles. The molecule has 1 heterocycles. The number of allylic oxidation sites excluding steroid dienone is 2. The molecule has 2 bridgehead atoms. The Kier molecular flexibility index (Phi) is 3.99. The Bertz CT molecular complexity index is 1050. The van der Waals surface area contributed by atoms with E-state index in [1.165, 1.54) is 26.4 Å². The summed E-state index contributed by atoms with van der Waals surface area (Å²) in [5, 5.41) is 21.5. The van der Waals surface area contributed by atoms with Crippen LogP contribution in [0.5, 0.6) is 0 Å². The highest BCUT2D eigenvalue weighted by Crippen LogP contribution is 2.60. The summed E-state index contributed by atoms with van der Waals surface area (Å²) in [5.41, 5.74) is 1.25. The van der Waals surface area contributed by atoms with E-state index >= 15 is 0 Å². The molecule has 0 spiro atoms. The summed E-state index contributed by atoms with van der Waals surface area (Å²) in [7, 11) is 2.58. The third-order valence-electron chi connectivity index (χ3n) is 6.57. The largest absolute Gasteiger partial charge is 0.466 e. The zero-order chi connectivity index (χ0) is 21.2. The molecule has 1 saturated carbocycles. The molecule has 0 radical (unpaired) electrons. The van der Waals surface area contributed by atoms with Crippen molar-refractivity contribution in [3.8, 4) is 0 Å². The van der Waals surface area contributed by atoms with Gasteiger partial charge < -0.3 is 9.47 Å². The average Bonchev–Trinajstić information content (AvgIpc) is 3.18. The van der Waals surface area contributed by atoms with E-state index in [0.29, 0.717) is 16.8 Å². The molecule has 6 unspecified atom stereocenters. The number of nitrogens with zero attached hydrogens (tertiary/aromatic N) is 4. The van der Waals surface area contributed by atoms with Crippen LogP contribution >= 0.6 is 0 Å². The number of ether oxygens (including phenoxy) is 2. The van der Waals surface area contributed by atoms with E-state index in [0.717, 1.165) is 0 Å². The molecule has 6 rings (SSSR count). The van der Waals surface area contributed by atoms with Crippen LogP contribution in [0.3, 0.4) is 0 Å². The normalized spacial score (nSPS) is 32.4. The molecule has 10 nitrogen and oxygen atoms in total. The molecule has 1 aromatic rings. The van der Waals surface area contributed by atoms with Crippen molar-refractivity contribution in [2.75, 3.05) is 19.2 Å². The van der Waals surface area contributed by atoms with Gasteiger partial charge in [0.1, 0.15) is 6.04 Å². The summed E-state index contributed by atoms with van der Waals surface area (Å²) in [6.45, 7) is 0. The van der Waals surface area contributed by atoms with Crippen LogP contribution in [0.4, 0.5) is 11.4 Å². The minimum atomic E-state index is -0.557. The number of nitro benzene ring substituents is 1. The van der Waals surface area contributed by atoms with Gasteiger partial charge in [-0.15, -0.1) is 0 Å². The topological polar surface area (TPSA) is 124 Å². The maximum Gasteiger partial charge on any atom is 0.334 e. The monoisotopic (exact) mass is 410 g/mol. The lowest BCUT2D eigenvalue weighted by atomic mass is 9.49. The lowest BCUT2D eigenvalue weighted by Crippen LogP contribution is -2.62. The minimum Gasteiger partial charge on any atom is -0.466 e. The maximum atomic E-state index is 12.7. The number of hydrogen-bond acceptors (Lipinski definition) is 9. The van der Waals surface area contributed by atoms with Gasteiger partial charge in [-0.2, -0.15) is 5.11 Å². The van der Waals surface area contributed by atoms with E-state index in [1.807, 2.05) is 12.2 Å². The summed E-state index contributed by atoms with van der Waals surface area (Å²) < 4.78 is 10.0. The summed E-state index contributed by atoms with van der Waals surface area (Å²) in [4.78, 5) is 35.9. The van der Waals surface area contributed by atoms with Crippen molar-refractivity contribution in [3.63, 3.8) is 0 Å². The minimum absolute atomic E-state index is 0.0262. The van der Waals surface area contributed by atoms with Crippen molar-refractivity contribution in [2.24, 2.45) is 34.0 Å². The summed E-state index contributed by atoms with van der Waals surface area (Å²) in [6.07, 6.45) is 4.08. The second-order valence-electron chi connectivity index (χ2n) is 7.71. The second-order valence-corrected chi connectivity index (χ2v) is 7.71. The second kappa shape index (κ2) is 6.48. The average molecular weight is 410 g/mol. The van der Waals surface area contributed by atoms with Gasteiger partial charge in [0.25, 0.3) is 5.69 Å². The predicted octanol–water partition coefficient (Wildman–Crippen LogP) is 2.22. The van der Waals surface area contributed by atoms with Crippen molar-refractivity contribution in [1.29, 1.82) is 0 Å². The molecule has 4 aliphatic carbocycles. The number of non-ortho nitro benzene ring substituents is 1. The van der Waals surface area contributed by atoms with Gasteiger partial charge in [0.05, 0.1) is 42.0 Å². The first-order valence-electron chi connectivity index (χ1n) is 9.51. The van der Waals surface area contributed by atoms with Crippen molar-refractivity contribution in [3.05, 3.63) is 57.7 Å². The van der Waals surface area contributed by atoms with Crippen molar-refractivity contribution in [1.82, 2.24) is 0 Å². The molecular weight excluding hydrogens is 392 g/mol. The summed E-state index contributed by atoms with van der Waals surface area (Å²) in [6, 6.07) is 5.39. The van der Waals surface area contributed by atoms with Crippen molar-refractivity contribution < 1.29 is 24.0 Å². The molecule has 1 aliphatic heterocycles. The Labute approximate surface area is 171 Å². The Balaban J connectivity index is 1.61. The number of esters is 2. The fraction of sp³-hybridized carbons (Fsp3) is 0.400. The van der Waals surface area contributed by atoms with Gasteiger partial charge >= 0.3 is 11.9 Å². The number of carbonyl (C=O) groups excluding carboxylic acids is 2. The molecule has 30 heavy (non-hydrogen) atoms. The fourth-order valence-corrected chi connectivity index (χ4v) is 5.33. The predicted molar refractivity (Wildman–Crippen MR) is 102 cm³/mol. The van der Waals surface area contributed by atoms with Crippen LogP contribution in [0.2, 0.25) is 0 Å². The molecule has 10 heteroatoms. The van der Waals surface area contributed by atoms with Crippen LogP contribution in [-0.2, 0) is 19.1 Å². The van der Waals surface area contributed by atoms with Crippen LogP contribution in [0, 0.1) is 33.8 Å². The first-order valence-corrected chi connectivity index (χ1v) is 9.51. The van der Waals surface area contributed by atoms with E-state index < -0.39 is 16.9 Å². The van der Waals surface area contributed by atoms with E-state index in [4.69, 9.17) is 9.47 Å². The van der Waals surface area contributed by atoms with Crippen LogP contribution in [0.1, 0.15) is 0 Å². The number of methoxy groups -OCH3 is 2. The van der Waals surface area contributed by atoms with Crippen LogP contribution < -0.4 is 5.01 Å². The molecule has 0 N–H and O–H groups in total. The number of anilines is 1. The van der Waals surface area contributed by atoms with E-state index in [9.17, 15) is 19.7 Å². The Morgan fingerprint density at radius 2 is 1.57 bits per heavy atom. The zero-order valence-corrected chi connectivity index (χ0v) is 16.2. The van der Waals surface area contributed by atoms with Gasteiger partial charge in [-0.1, -0.05) is 17.4 Å². The Morgan fingerprint density at radius 3 is 2.10 bits per heavy atom. The standard InChI is InChI=1S/C20H18N4O6/c1-29-19(25)15-13-11-7-8-12(11)14(16(15)20(26)30-2)18-17(13)21-22-23(18)9-3-5-10(6-4-9)24(27)28/h3-8,11-14,17-18H,1-2H3. The molecular formula is C20H18N4O6. The summed E-state index contributed by atoms with van der Waals surface area (Å²) in [5.74, 6) is -1.67. The summed E-state index contributed by atoms with van der Waals surface area (Å²) >= 11 is 0. The first-order chi connectivity index (χ1) is 14.5. The molecule has 6 atom stereocenters. The van der Waals surface area contributed by atoms with Gasteiger partial charge in [-0.25, -0.2) is 14.6 Å². The van der Waals surface area contributed by atoms with Crippen molar-refractivity contribution >= 4 is 23.3 Å². The van der Waals surface area contributed by atoms with Gasteiger partial charge in [-0.05, 0) is 24.0 Å². The molecule has 154 valence electrons. The molecule has 1 fully saturated rings. The maximum absolute atomic E-state index is 12.7. The highest BCUT2D eigenvalue weighted by atomic mass is 16.6. The number of nitro groups is 1. The van der Waals surface area contributed by atoms with E-state index in [1.54, 1.807) is 17.1 Å². The third kappa shape index (κ3) is 2.30. The van der Waals surface area contributed by atoms with Gasteiger partial charge in [-0.3, -0.25) is 10.1 Å². The Hall–Kier alpha value is -3.56. The lowest BCUT2D eigenvalue weighted by molar-refractivity contribution is -0.384. The Morgan fingerprint density at radius 1 is 1.00 bits per heavy atom. The smallest absolute Gasteiger partial charge is 0.334 e. The highest BCUT2D eigenvalue weighted by Gasteiger charge is 2.65. The van der Waals surface area contributed by atoms with Crippen LogP contribution in [0.15, 0.2) is 57.9 Å². The van der Waals surface area contributed by atoms with Crippen LogP contribution in [-0.4, -0.2) is 43.2 Å². The van der Waals surface area contributed by atoms with E-state index in [2.05, 4.69) is 10.3 Å². The molecule has 1 aromatic carbocycles. The molecule has 5 aliphatic rings. The number of carbonyl (C=O) groups is 2. The molecule has 0 aromatic heterocycles. The molecule has 0 amide bonds. The van der Waals surface area contributed by atoms with Gasteiger partial charge in [0.15, 0.2) is 0 Å².